The second kappa shape index (κ2) is 6.04. The molecule has 1 aliphatic rings. The van der Waals surface area contributed by atoms with E-state index in [0.717, 1.165) is 40.4 Å². The normalized spacial score (nSPS) is 16.8. The molecular weight excluding hydrogens is 340 g/mol. The molecule has 0 amide bonds. The maximum atomic E-state index is 6.26. The molecule has 1 aromatic carbocycles. The average molecular weight is 358 g/mol. The lowest BCUT2D eigenvalue weighted by Crippen LogP contribution is -2.11. The molecule has 0 N–H and O–H groups in total. The summed E-state index contributed by atoms with van der Waals surface area (Å²) in [5.41, 5.74) is 2.09. The minimum absolute atomic E-state index is 0.107. The van der Waals surface area contributed by atoms with Gasteiger partial charge in [-0.05, 0) is 43.9 Å². The zero-order valence-electron chi connectivity index (χ0n) is 11.5. The molecule has 3 nitrogen and oxygen atoms in total. The van der Waals surface area contributed by atoms with Gasteiger partial charge < -0.3 is 9.30 Å². The number of fused-ring (bicyclic) bond motifs is 1. The van der Waals surface area contributed by atoms with E-state index in [1.807, 2.05) is 19.1 Å². The molecule has 0 saturated heterocycles. The molecule has 0 aliphatic heterocycles. The molecule has 1 atom stereocenters. The number of alkyl halides is 1. The van der Waals surface area contributed by atoms with Crippen molar-refractivity contribution < 1.29 is 4.74 Å². The van der Waals surface area contributed by atoms with Gasteiger partial charge in [0, 0.05) is 17.6 Å². The number of imidazole rings is 1. The molecule has 1 fully saturated rings. The topological polar surface area (TPSA) is 27.1 Å². The van der Waals surface area contributed by atoms with Crippen LogP contribution in [0.5, 0.6) is 0 Å². The maximum Gasteiger partial charge on any atom is 0.127 e. The van der Waals surface area contributed by atoms with E-state index in [4.69, 9.17) is 16.3 Å². The Morgan fingerprint density at radius 1 is 1.50 bits per heavy atom. The van der Waals surface area contributed by atoms with Crippen molar-refractivity contribution in [3.8, 4) is 0 Å². The van der Waals surface area contributed by atoms with Gasteiger partial charge in [0.1, 0.15) is 5.82 Å². The van der Waals surface area contributed by atoms with Crippen LogP contribution in [0.4, 0.5) is 0 Å². The third kappa shape index (κ3) is 3.18. The van der Waals surface area contributed by atoms with E-state index < -0.39 is 0 Å². The summed E-state index contributed by atoms with van der Waals surface area (Å²) in [4.78, 5) is 4.64. The number of hydrogen-bond donors (Lipinski definition) is 0. The molecule has 5 heteroatoms. The Morgan fingerprint density at radius 2 is 2.30 bits per heavy atom. The average Bonchev–Trinajstić information content (AvgIpc) is 3.15. The number of halogens is 2. The molecule has 1 heterocycles. The van der Waals surface area contributed by atoms with Crippen LogP contribution >= 0.6 is 27.5 Å². The van der Waals surface area contributed by atoms with Gasteiger partial charge >= 0.3 is 0 Å². The number of ether oxygens (including phenoxy) is 1. The van der Waals surface area contributed by atoms with Gasteiger partial charge in [-0.3, -0.25) is 0 Å². The van der Waals surface area contributed by atoms with Crippen molar-refractivity contribution in [3.63, 3.8) is 0 Å². The Morgan fingerprint density at radius 3 is 3.00 bits per heavy atom. The highest BCUT2D eigenvalue weighted by Crippen LogP contribution is 2.29. The first-order valence-electron chi connectivity index (χ1n) is 7.02. The van der Waals surface area contributed by atoms with Crippen LogP contribution in [0, 0.1) is 5.92 Å². The number of benzene rings is 1. The summed E-state index contributed by atoms with van der Waals surface area (Å²) in [5, 5.41) is -0.107. The Bertz CT molecular complexity index is 607. The molecule has 1 saturated carbocycles. The van der Waals surface area contributed by atoms with E-state index in [0.29, 0.717) is 6.61 Å². The van der Waals surface area contributed by atoms with Crippen LogP contribution in [0.2, 0.25) is 0 Å². The molecule has 3 rings (SSSR count). The van der Waals surface area contributed by atoms with Crippen molar-refractivity contribution >= 4 is 38.6 Å². The minimum atomic E-state index is -0.107. The SMILES string of the molecule is CC(Cl)c1nc2cc(Br)ccc2n1CCOCC1CC1. The minimum Gasteiger partial charge on any atom is -0.379 e. The van der Waals surface area contributed by atoms with Crippen LogP contribution in [0.15, 0.2) is 22.7 Å². The van der Waals surface area contributed by atoms with Crippen molar-refractivity contribution in [1.29, 1.82) is 0 Å². The van der Waals surface area contributed by atoms with Gasteiger partial charge in [-0.15, -0.1) is 11.6 Å². The summed E-state index contributed by atoms with van der Waals surface area (Å²) in [5.74, 6) is 1.71. The molecule has 0 radical (unpaired) electrons. The zero-order valence-corrected chi connectivity index (χ0v) is 13.8. The molecule has 20 heavy (non-hydrogen) atoms. The van der Waals surface area contributed by atoms with Gasteiger partial charge in [0.2, 0.25) is 0 Å². The number of hydrogen-bond acceptors (Lipinski definition) is 2. The third-order valence-corrected chi connectivity index (χ3v) is 4.29. The van der Waals surface area contributed by atoms with E-state index in [2.05, 4.69) is 31.5 Å². The summed E-state index contributed by atoms with van der Waals surface area (Å²) < 4.78 is 8.95. The van der Waals surface area contributed by atoms with Crippen LogP contribution < -0.4 is 0 Å². The molecule has 108 valence electrons. The quantitative estimate of drug-likeness (QED) is 0.561. The fraction of sp³-hybridized carbons (Fsp3) is 0.533. The zero-order chi connectivity index (χ0) is 14.1. The smallest absolute Gasteiger partial charge is 0.127 e. The summed E-state index contributed by atoms with van der Waals surface area (Å²) >= 11 is 9.74. The van der Waals surface area contributed by atoms with E-state index in [1.54, 1.807) is 0 Å². The highest BCUT2D eigenvalue weighted by atomic mass is 79.9. The summed E-state index contributed by atoms with van der Waals surface area (Å²) in [7, 11) is 0. The molecule has 2 aromatic rings. The number of rotatable bonds is 6. The fourth-order valence-corrected chi connectivity index (χ4v) is 2.87. The van der Waals surface area contributed by atoms with Crippen LogP contribution in [0.3, 0.4) is 0 Å². The van der Waals surface area contributed by atoms with Gasteiger partial charge in [0.15, 0.2) is 0 Å². The molecule has 1 aliphatic carbocycles. The lowest BCUT2D eigenvalue weighted by molar-refractivity contribution is 0.117. The summed E-state index contributed by atoms with van der Waals surface area (Å²) in [6.45, 7) is 4.37. The first kappa shape index (κ1) is 14.4. The second-order valence-electron chi connectivity index (χ2n) is 5.39. The molecule has 0 spiro atoms. The van der Waals surface area contributed by atoms with Crippen molar-refractivity contribution in [2.75, 3.05) is 13.2 Å². The summed E-state index contributed by atoms with van der Waals surface area (Å²) in [6, 6.07) is 6.14. The van der Waals surface area contributed by atoms with Crippen LogP contribution in [-0.2, 0) is 11.3 Å². The monoisotopic (exact) mass is 356 g/mol. The predicted octanol–water partition coefficient (Wildman–Crippen LogP) is 4.53. The van der Waals surface area contributed by atoms with Crippen LogP contribution in [0.25, 0.3) is 11.0 Å². The molecule has 1 unspecified atom stereocenters. The molecule has 1 aromatic heterocycles. The van der Waals surface area contributed by atoms with Gasteiger partial charge in [-0.1, -0.05) is 15.9 Å². The van der Waals surface area contributed by atoms with Crippen LogP contribution in [-0.4, -0.2) is 22.8 Å². The highest BCUT2D eigenvalue weighted by Gasteiger charge is 2.21. The highest BCUT2D eigenvalue weighted by molar-refractivity contribution is 9.10. The maximum absolute atomic E-state index is 6.26. The van der Waals surface area contributed by atoms with E-state index in [-0.39, 0.29) is 5.38 Å². The Balaban J connectivity index is 1.80. The fourth-order valence-electron chi connectivity index (χ4n) is 2.35. The van der Waals surface area contributed by atoms with E-state index in [1.165, 1.54) is 12.8 Å². The van der Waals surface area contributed by atoms with Crippen LogP contribution in [0.1, 0.15) is 31.0 Å². The summed E-state index contributed by atoms with van der Waals surface area (Å²) in [6.07, 6.45) is 2.65. The first-order chi connectivity index (χ1) is 9.65. The lowest BCUT2D eigenvalue weighted by Gasteiger charge is -2.11. The van der Waals surface area contributed by atoms with Crippen molar-refractivity contribution in [2.24, 2.45) is 5.92 Å². The van der Waals surface area contributed by atoms with Gasteiger partial charge in [0.25, 0.3) is 0 Å². The molecular formula is C15H18BrClN2O. The van der Waals surface area contributed by atoms with Crippen molar-refractivity contribution in [2.45, 2.75) is 31.7 Å². The largest absolute Gasteiger partial charge is 0.379 e. The second-order valence-corrected chi connectivity index (χ2v) is 6.96. The van der Waals surface area contributed by atoms with Gasteiger partial charge in [0.05, 0.1) is 23.0 Å². The number of aromatic nitrogens is 2. The first-order valence-corrected chi connectivity index (χ1v) is 8.25. The third-order valence-electron chi connectivity index (χ3n) is 3.61. The van der Waals surface area contributed by atoms with Crippen molar-refractivity contribution in [1.82, 2.24) is 9.55 Å². The van der Waals surface area contributed by atoms with E-state index in [9.17, 15) is 0 Å². The predicted molar refractivity (Wildman–Crippen MR) is 85.2 cm³/mol. The molecule has 0 bridgehead atoms. The standard InChI is InChI=1S/C15H18BrClN2O/c1-10(17)15-18-13-8-12(16)4-5-14(13)19(15)6-7-20-9-11-2-3-11/h4-5,8,10-11H,2-3,6-7,9H2,1H3. The lowest BCUT2D eigenvalue weighted by atomic mass is 10.3. The Hall–Kier alpha value is -0.580. The van der Waals surface area contributed by atoms with E-state index >= 15 is 0 Å². The van der Waals surface area contributed by atoms with Gasteiger partial charge in [-0.25, -0.2) is 4.98 Å². The Labute approximate surface area is 132 Å². The van der Waals surface area contributed by atoms with Crippen molar-refractivity contribution in [3.05, 3.63) is 28.5 Å². The number of nitrogens with zero attached hydrogens (tertiary/aromatic N) is 2. The Kier molecular flexibility index (Phi) is 4.34. The van der Waals surface area contributed by atoms with Gasteiger partial charge in [-0.2, -0.15) is 0 Å².